The molecule has 0 aromatic rings. The van der Waals surface area contributed by atoms with Gasteiger partial charge in [0.2, 0.25) is 0 Å². The molecule has 0 bridgehead atoms. The van der Waals surface area contributed by atoms with Crippen molar-refractivity contribution < 1.29 is 19.0 Å². The van der Waals surface area contributed by atoms with Gasteiger partial charge in [0.25, 0.3) is 0 Å². The highest BCUT2D eigenvalue weighted by Crippen LogP contribution is 2.20. The average Bonchev–Trinajstić information content (AvgIpc) is 2.56. The normalized spacial score (nSPS) is 12.4. The molecule has 0 radical (unpaired) electrons. The predicted octanol–water partition coefficient (Wildman–Crippen LogP) is 5.26. The van der Waals surface area contributed by atoms with Gasteiger partial charge in [0.05, 0.1) is 6.61 Å². The smallest absolute Gasteiger partial charge is 0.333 e. The van der Waals surface area contributed by atoms with Crippen LogP contribution in [0.2, 0.25) is 0 Å². The Kier molecular flexibility index (Phi) is 15.1. The fraction of sp³-hybridized carbons (Fsp3) is 0.850. The van der Waals surface area contributed by atoms with E-state index in [0.717, 1.165) is 12.8 Å². The zero-order valence-corrected chi connectivity index (χ0v) is 16.3. The Morgan fingerprint density at radius 1 is 0.917 bits per heavy atom. The number of hydrogen-bond donors (Lipinski definition) is 0. The Morgan fingerprint density at radius 2 is 1.46 bits per heavy atom. The van der Waals surface area contributed by atoms with Gasteiger partial charge in [-0.2, -0.15) is 0 Å². The number of ether oxygens (including phenoxy) is 3. The van der Waals surface area contributed by atoms with E-state index in [4.69, 9.17) is 14.2 Å². The van der Waals surface area contributed by atoms with Crippen molar-refractivity contribution in [2.75, 3.05) is 19.8 Å². The molecule has 0 aromatic carbocycles. The van der Waals surface area contributed by atoms with E-state index in [1.807, 2.05) is 13.8 Å². The molecule has 0 saturated carbocycles. The van der Waals surface area contributed by atoms with E-state index in [1.54, 1.807) is 6.92 Å². The van der Waals surface area contributed by atoms with Crippen molar-refractivity contribution in [3.05, 3.63) is 12.2 Å². The molecule has 0 rings (SSSR count). The van der Waals surface area contributed by atoms with Crippen LogP contribution in [-0.2, 0) is 19.0 Å². The van der Waals surface area contributed by atoms with Crippen molar-refractivity contribution in [2.45, 2.75) is 85.4 Å². The highest BCUT2D eigenvalue weighted by molar-refractivity contribution is 5.86. The SMILES string of the molecule is C=C(C)C(=O)OCC(CCCCCCCCC)C(OCC)OCC. The zero-order valence-electron chi connectivity index (χ0n) is 16.3. The largest absolute Gasteiger partial charge is 0.462 e. The van der Waals surface area contributed by atoms with Crippen LogP contribution in [0.4, 0.5) is 0 Å². The molecule has 0 saturated heterocycles. The fourth-order valence-corrected chi connectivity index (χ4v) is 2.62. The zero-order chi connectivity index (χ0) is 18.2. The molecule has 0 heterocycles. The average molecular weight is 343 g/mol. The first-order valence-corrected chi connectivity index (χ1v) is 9.62. The second kappa shape index (κ2) is 15.6. The van der Waals surface area contributed by atoms with Crippen molar-refractivity contribution in [2.24, 2.45) is 5.92 Å². The number of esters is 1. The van der Waals surface area contributed by atoms with Crippen molar-refractivity contribution in [3.8, 4) is 0 Å². The Morgan fingerprint density at radius 3 is 1.96 bits per heavy atom. The maximum Gasteiger partial charge on any atom is 0.333 e. The molecule has 142 valence electrons. The van der Waals surface area contributed by atoms with E-state index in [1.165, 1.54) is 38.5 Å². The van der Waals surface area contributed by atoms with Gasteiger partial charge in [0.15, 0.2) is 6.29 Å². The van der Waals surface area contributed by atoms with Crippen LogP contribution in [0, 0.1) is 5.92 Å². The molecule has 0 amide bonds. The van der Waals surface area contributed by atoms with Gasteiger partial charge in [-0.3, -0.25) is 0 Å². The first-order chi connectivity index (χ1) is 11.6. The van der Waals surface area contributed by atoms with Crippen LogP contribution in [-0.4, -0.2) is 32.1 Å². The third-order valence-electron chi connectivity index (χ3n) is 4.00. The van der Waals surface area contributed by atoms with Gasteiger partial charge in [0.1, 0.15) is 0 Å². The summed E-state index contributed by atoms with van der Waals surface area (Å²) in [6.07, 6.45) is 9.47. The van der Waals surface area contributed by atoms with Crippen LogP contribution in [0.1, 0.15) is 79.1 Å². The molecule has 0 spiro atoms. The summed E-state index contributed by atoms with van der Waals surface area (Å²) in [4.78, 5) is 11.7. The molecule has 1 atom stereocenters. The summed E-state index contributed by atoms with van der Waals surface area (Å²) in [5.41, 5.74) is 0.425. The summed E-state index contributed by atoms with van der Waals surface area (Å²) >= 11 is 0. The molecule has 0 aromatic heterocycles. The second-order valence-electron chi connectivity index (χ2n) is 6.33. The lowest BCUT2D eigenvalue weighted by atomic mass is 10.00. The topological polar surface area (TPSA) is 44.8 Å². The minimum absolute atomic E-state index is 0.0730. The van der Waals surface area contributed by atoms with Gasteiger partial charge in [-0.25, -0.2) is 4.79 Å². The molecule has 0 aliphatic rings. The number of carbonyl (C=O) groups excluding carboxylic acids is 1. The summed E-state index contributed by atoms with van der Waals surface area (Å²) < 4.78 is 16.8. The lowest BCUT2D eigenvalue weighted by Crippen LogP contribution is -2.31. The fourth-order valence-electron chi connectivity index (χ4n) is 2.62. The first kappa shape index (κ1) is 23.1. The van der Waals surface area contributed by atoms with Crippen LogP contribution in [0.15, 0.2) is 12.2 Å². The number of carbonyl (C=O) groups is 1. The highest BCUT2D eigenvalue weighted by atomic mass is 16.7. The molecular weight excluding hydrogens is 304 g/mol. The third kappa shape index (κ3) is 11.6. The van der Waals surface area contributed by atoms with Gasteiger partial charge < -0.3 is 14.2 Å². The van der Waals surface area contributed by atoms with Crippen LogP contribution in [0.25, 0.3) is 0 Å². The van der Waals surface area contributed by atoms with Crippen molar-refractivity contribution in [3.63, 3.8) is 0 Å². The van der Waals surface area contributed by atoms with Crippen LogP contribution < -0.4 is 0 Å². The molecule has 24 heavy (non-hydrogen) atoms. The molecule has 0 N–H and O–H groups in total. The van der Waals surface area contributed by atoms with Gasteiger partial charge in [0, 0.05) is 24.7 Å². The summed E-state index contributed by atoms with van der Waals surface area (Å²) in [6.45, 7) is 12.9. The van der Waals surface area contributed by atoms with E-state index in [9.17, 15) is 4.79 Å². The lowest BCUT2D eigenvalue weighted by Gasteiger charge is -2.26. The Labute approximate surface area is 148 Å². The Balaban J connectivity index is 4.33. The standard InChI is InChI=1S/C20H38O4/c1-6-9-10-11-12-13-14-15-18(16-24-19(21)17(4)5)20(22-7-2)23-8-3/h18,20H,4,6-16H2,1-3,5H3. The molecule has 0 aliphatic carbocycles. The van der Waals surface area contributed by atoms with Crippen LogP contribution >= 0.6 is 0 Å². The predicted molar refractivity (Wildman–Crippen MR) is 98.9 cm³/mol. The molecule has 0 fully saturated rings. The lowest BCUT2D eigenvalue weighted by molar-refractivity contribution is -0.181. The van der Waals surface area contributed by atoms with E-state index in [2.05, 4.69) is 13.5 Å². The summed E-state index contributed by atoms with van der Waals surface area (Å²) in [5, 5.41) is 0. The molecule has 0 aliphatic heterocycles. The first-order valence-electron chi connectivity index (χ1n) is 9.62. The monoisotopic (exact) mass is 342 g/mol. The summed E-state index contributed by atoms with van der Waals surface area (Å²) in [7, 11) is 0. The Bertz CT molecular complexity index is 322. The van der Waals surface area contributed by atoms with E-state index in [-0.39, 0.29) is 18.2 Å². The molecule has 1 unspecified atom stereocenters. The van der Waals surface area contributed by atoms with Crippen LogP contribution in [0.5, 0.6) is 0 Å². The van der Waals surface area contributed by atoms with Gasteiger partial charge in [-0.15, -0.1) is 0 Å². The van der Waals surface area contributed by atoms with E-state index in [0.29, 0.717) is 25.4 Å². The second-order valence-corrected chi connectivity index (χ2v) is 6.33. The third-order valence-corrected chi connectivity index (χ3v) is 4.00. The van der Waals surface area contributed by atoms with Gasteiger partial charge in [-0.1, -0.05) is 58.4 Å². The Hall–Kier alpha value is -0.870. The molecule has 4 nitrogen and oxygen atoms in total. The minimum atomic E-state index is -0.341. The quantitative estimate of drug-likeness (QED) is 0.166. The maximum absolute atomic E-state index is 11.7. The number of unbranched alkanes of at least 4 members (excludes halogenated alkanes) is 6. The maximum atomic E-state index is 11.7. The van der Waals surface area contributed by atoms with Gasteiger partial charge in [-0.05, 0) is 27.2 Å². The summed E-state index contributed by atoms with van der Waals surface area (Å²) in [5.74, 6) is -0.268. The highest BCUT2D eigenvalue weighted by Gasteiger charge is 2.24. The molecular formula is C20H38O4. The molecule has 4 heteroatoms. The van der Waals surface area contributed by atoms with Gasteiger partial charge >= 0.3 is 5.97 Å². The number of hydrogen-bond acceptors (Lipinski definition) is 4. The van der Waals surface area contributed by atoms with E-state index < -0.39 is 0 Å². The minimum Gasteiger partial charge on any atom is -0.462 e. The van der Waals surface area contributed by atoms with Crippen LogP contribution in [0.3, 0.4) is 0 Å². The van der Waals surface area contributed by atoms with Crippen molar-refractivity contribution in [1.82, 2.24) is 0 Å². The van der Waals surface area contributed by atoms with E-state index >= 15 is 0 Å². The number of rotatable bonds is 16. The van der Waals surface area contributed by atoms with Crippen molar-refractivity contribution >= 4 is 5.97 Å². The summed E-state index contributed by atoms with van der Waals surface area (Å²) in [6, 6.07) is 0. The van der Waals surface area contributed by atoms with Crippen molar-refractivity contribution in [1.29, 1.82) is 0 Å².